The largest absolute Gasteiger partial charge is 0.506 e. The molecule has 0 saturated heterocycles. The average Bonchev–Trinajstić information content (AvgIpc) is 2.71. The van der Waals surface area contributed by atoms with Gasteiger partial charge in [-0.1, -0.05) is 11.3 Å². The molecule has 0 spiro atoms. The summed E-state index contributed by atoms with van der Waals surface area (Å²) >= 11 is 6.11. The second kappa shape index (κ2) is 5.97. The Labute approximate surface area is 127 Å². The van der Waals surface area contributed by atoms with Crippen LogP contribution in [0.3, 0.4) is 0 Å². The summed E-state index contributed by atoms with van der Waals surface area (Å²) in [4.78, 5) is 10.1. The molecule has 0 aliphatic rings. The van der Waals surface area contributed by atoms with E-state index in [4.69, 9.17) is 12.2 Å². The number of thiazole rings is 1. The van der Waals surface area contributed by atoms with E-state index in [1.807, 2.05) is 6.92 Å². The van der Waals surface area contributed by atoms with Crippen LogP contribution < -0.4 is 0 Å². The first-order chi connectivity index (χ1) is 9.93. The molecule has 1 heterocycles. The van der Waals surface area contributed by atoms with Gasteiger partial charge in [0.25, 0.3) is 5.69 Å². The topological polar surface area (TPSA) is 113 Å². The summed E-state index contributed by atoms with van der Waals surface area (Å²) in [5.74, 6) is -0.372. The number of hydrogen-bond donors (Lipinski definition) is 2. The Hall–Kier alpha value is -2.33. The molecule has 8 nitrogen and oxygen atoms in total. The average molecular weight is 326 g/mol. The van der Waals surface area contributed by atoms with Gasteiger partial charge >= 0.3 is 0 Å². The van der Waals surface area contributed by atoms with Crippen molar-refractivity contribution >= 4 is 39.9 Å². The number of hydrogen-bond acceptors (Lipinski definition) is 8. The van der Waals surface area contributed by atoms with E-state index in [0.29, 0.717) is 10.5 Å². The van der Waals surface area contributed by atoms with Crippen molar-refractivity contribution in [3.63, 3.8) is 0 Å². The lowest BCUT2D eigenvalue weighted by molar-refractivity contribution is -0.384. The van der Waals surface area contributed by atoms with Crippen molar-refractivity contribution in [3.05, 3.63) is 32.3 Å². The molecule has 0 unspecified atom stereocenters. The molecule has 0 radical (unpaired) electrons. The number of phenolic OH excluding ortho intramolecular Hbond substituents is 1. The van der Waals surface area contributed by atoms with Gasteiger partial charge in [-0.15, -0.1) is 10.2 Å². The zero-order valence-corrected chi connectivity index (χ0v) is 12.4. The van der Waals surface area contributed by atoms with Crippen LogP contribution in [0.25, 0.3) is 0 Å². The van der Waals surface area contributed by atoms with Crippen LogP contribution in [-0.2, 0) is 6.54 Å². The molecule has 0 atom stereocenters. The zero-order chi connectivity index (χ0) is 15.6. The number of nitro benzene ring substituents is 1. The van der Waals surface area contributed by atoms with E-state index in [0.717, 1.165) is 29.5 Å². The van der Waals surface area contributed by atoms with E-state index in [2.05, 4.69) is 10.2 Å². The fourth-order valence-electron chi connectivity index (χ4n) is 1.53. The Morgan fingerprint density at radius 2 is 2.14 bits per heavy atom. The van der Waals surface area contributed by atoms with Crippen molar-refractivity contribution in [2.75, 3.05) is 0 Å². The molecule has 1 aromatic carbocycles. The van der Waals surface area contributed by atoms with Crippen LogP contribution >= 0.6 is 23.6 Å². The van der Waals surface area contributed by atoms with Crippen LogP contribution in [0.4, 0.5) is 16.4 Å². The molecule has 0 fully saturated rings. The molecule has 1 aromatic heterocycles. The van der Waals surface area contributed by atoms with Gasteiger partial charge in [0, 0.05) is 18.7 Å². The lowest BCUT2D eigenvalue weighted by Crippen LogP contribution is -1.90. The number of nitrogens with zero attached hydrogens (tertiary/aromatic N) is 4. The van der Waals surface area contributed by atoms with Gasteiger partial charge < -0.3 is 10.2 Å². The van der Waals surface area contributed by atoms with Crippen LogP contribution in [0.1, 0.15) is 6.92 Å². The van der Waals surface area contributed by atoms with Crippen molar-refractivity contribution < 1.29 is 15.1 Å². The monoisotopic (exact) mass is 326 g/mol. The highest BCUT2D eigenvalue weighted by Gasteiger charge is 2.12. The molecule has 21 heavy (non-hydrogen) atoms. The van der Waals surface area contributed by atoms with Crippen LogP contribution in [-0.4, -0.2) is 19.7 Å². The molecule has 0 amide bonds. The smallest absolute Gasteiger partial charge is 0.271 e. The van der Waals surface area contributed by atoms with E-state index in [1.165, 1.54) is 4.57 Å². The summed E-state index contributed by atoms with van der Waals surface area (Å²) < 4.78 is 1.91. The number of rotatable bonds is 4. The van der Waals surface area contributed by atoms with Gasteiger partial charge in [0.2, 0.25) is 10.9 Å². The van der Waals surface area contributed by atoms with Crippen LogP contribution in [0.5, 0.6) is 11.6 Å². The molecule has 0 saturated carbocycles. The summed E-state index contributed by atoms with van der Waals surface area (Å²) in [6.45, 7) is 2.30. The minimum Gasteiger partial charge on any atom is -0.506 e. The maximum atomic E-state index is 10.7. The van der Waals surface area contributed by atoms with Crippen LogP contribution in [0.2, 0.25) is 0 Å². The first kappa shape index (κ1) is 15.1. The maximum absolute atomic E-state index is 10.7. The Balaban J connectivity index is 2.40. The zero-order valence-electron chi connectivity index (χ0n) is 10.8. The van der Waals surface area contributed by atoms with Gasteiger partial charge in [-0.05, 0) is 25.2 Å². The van der Waals surface area contributed by atoms with E-state index < -0.39 is 4.92 Å². The molecule has 10 heteroatoms. The Morgan fingerprint density at radius 1 is 1.43 bits per heavy atom. The maximum Gasteiger partial charge on any atom is 0.271 e. The molecular formula is C11H10N4O4S2. The quantitative estimate of drug-likeness (QED) is 0.381. The molecule has 0 aliphatic heterocycles. The highest BCUT2D eigenvalue weighted by atomic mass is 32.1. The standard InChI is InChI=1S/C11H10N4O4S2/c1-2-14-10(17)9(21-11(14)20)13-12-7-5-6(15(18)19)3-4-8(7)16/h3-5,16-17H,2H2,1H3. The predicted molar refractivity (Wildman–Crippen MR) is 79.4 cm³/mol. The molecule has 2 N–H and O–H groups in total. The highest BCUT2D eigenvalue weighted by Crippen LogP contribution is 2.37. The Bertz CT molecular complexity index is 781. The van der Waals surface area contributed by atoms with Gasteiger partial charge in [0.1, 0.15) is 11.4 Å². The number of azo groups is 1. The predicted octanol–water partition coefficient (Wildman–Crippen LogP) is 4.03. The van der Waals surface area contributed by atoms with Crippen LogP contribution in [0.15, 0.2) is 28.4 Å². The molecular weight excluding hydrogens is 316 g/mol. The minimum absolute atomic E-state index is 0.0639. The van der Waals surface area contributed by atoms with E-state index in [1.54, 1.807) is 0 Å². The van der Waals surface area contributed by atoms with Crippen molar-refractivity contribution in [3.8, 4) is 11.6 Å². The first-order valence-corrected chi connectivity index (χ1v) is 6.98. The number of non-ortho nitro benzene ring substituents is 1. The summed E-state index contributed by atoms with van der Waals surface area (Å²) in [6, 6.07) is 3.40. The van der Waals surface area contributed by atoms with Crippen molar-refractivity contribution in [1.29, 1.82) is 0 Å². The fourth-order valence-corrected chi connectivity index (χ4v) is 2.76. The SMILES string of the molecule is CCn1c(O)c(N=Nc2cc([N+](=O)[O-])ccc2O)sc1=S. The Morgan fingerprint density at radius 3 is 2.71 bits per heavy atom. The van der Waals surface area contributed by atoms with E-state index in [9.17, 15) is 20.3 Å². The highest BCUT2D eigenvalue weighted by molar-refractivity contribution is 7.73. The number of aromatic nitrogens is 1. The van der Waals surface area contributed by atoms with Crippen molar-refractivity contribution in [2.24, 2.45) is 10.2 Å². The summed E-state index contributed by atoms with van der Waals surface area (Å²) in [5.41, 5.74) is -0.282. The normalized spacial score (nSPS) is 11.1. The second-order valence-corrected chi connectivity index (χ2v) is 5.49. The third-order valence-electron chi connectivity index (χ3n) is 2.59. The minimum atomic E-state index is -0.604. The van der Waals surface area contributed by atoms with Crippen molar-refractivity contribution in [1.82, 2.24) is 4.57 Å². The van der Waals surface area contributed by atoms with Crippen LogP contribution in [0, 0.1) is 14.1 Å². The molecule has 2 aromatic rings. The first-order valence-electron chi connectivity index (χ1n) is 5.75. The third-order valence-corrected chi connectivity index (χ3v) is 3.91. The van der Waals surface area contributed by atoms with Gasteiger partial charge in [-0.25, -0.2) is 0 Å². The molecule has 110 valence electrons. The number of aromatic hydroxyl groups is 2. The van der Waals surface area contributed by atoms with Gasteiger partial charge in [0.15, 0.2) is 3.95 Å². The van der Waals surface area contributed by atoms with E-state index >= 15 is 0 Å². The molecule has 0 aliphatic carbocycles. The lowest BCUT2D eigenvalue weighted by Gasteiger charge is -1.98. The third kappa shape index (κ3) is 3.06. The number of nitro groups is 1. The molecule has 0 bridgehead atoms. The van der Waals surface area contributed by atoms with Gasteiger partial charge in [0.05, 0.1) is 4.92 Å². The fraction of sp³-hybridized carbons (Fsp3) is 0.182. The lowest BCUT2D eigenvalue weighted by atomic mass is 10.2. The van der Waals surface area contributed by atoms with E-state index in [-0.39, 0.29) is 28.0 Å². The van der Waals surface area contributed by atoms with Crippen molar-refractivity contribution in [2.45, 2.75) is 13.5 Å². The Kier molecular flexibility index (Phi) is 4.29. The van der Waals surface area contributed by atoms with Gasteiger partial charge in [-0.3, -0.25) is 14.7 Å². The number of phenols is 1. The number of benzene rings is 1. The second-order valence-electron chi connectivity index (χ2n) is 3.87. The summed E-state index contributed by atoms with van der Waals surface area (Å²) in [5, 5.41) is 37.9. The summed E-state index contributed by atoms with van der Waals surface area (Å²) in [7, 11) is 0. The summed E-state index contributed by atoms with van der Waals surface area (Å²) in [6.07, 6.45) is 0. The molecule has 2 rings (SSSR count). The van der Waals surface area contributed by atoms with Gasteiger partial charge in [-0.2, -0.15) is 0 Å².